The fraction of sp³-hybridized carbons (Fsp3) is 0.435. The van der Waals surface area contributed by atoms with Crippen LogP contribution in [-0.4, -0.2) is 35.1 Å². The van der Waals surface area contributed by atoms with Crippen LogP contribution in [0.4, 0.5) is 0 Å². The molecule has 2 rings (SSSR count). The molecule has 0 saturated carbocycles. The van der Waals surface area contributed by atoms with Crippen molar-refractivity contribution in [1.29, 1.82) is 0 Å². The molecule has 1 aromatic carbocycles. The Hall–Kier alpha value is -2.60. The lowest BCUT2D eigenvalue weighted by Crippen LogP contribution is -2.29. The smallest absolute Gasteiger partial charge is 0.309 e. The number of ether oxygens (including phenoxy) is 2. The minimum absolute atomic E-state index is 0.0155. The van der Waals surface area contributed by atoms with Gasteiger partial charge in [0.15, 0.2) is 23.0 Å². The summed E-state index contributed by atoms with van der Waals surface area (Å²) in [6.07, 6.45) is 0.850. The van der Waals surface area contributed by atoms with Crippen LogP contribution in [0.5, 0.6) is 11.5 Å². The summed E-state index contributed by atoms with van der Waals surface area (Å²) in [6, 6.07) is 8.95. The van der Waals surface area contributed by atoms with Gasteiger partial charge in [-0.25, -0.2) is 4.98 Å². The van der Waals surface area contributed by atoms with E-state index < -0.39 is 17.7 Å². The standard InChI is InChI=1S/C23H28ClNO5/c1-13(2)20(16-6-8-17(24)9-7-16)15(4)30-23(28)14(3)12-18(26)21-22(27)19(29-5)10-11-25-21/h6-11,13-15,20,27H,12H2,1-5H3/t14-,15+,20-/m1/s1. The molecule has 0 radical (unpaired) electrons. The first-order valence-corrected chi connectivity index (χ1v) is 10.2. The molecular weight excluding hydrogens is 406 g/mol. The number of pyridine rings is 1. The molecule has 1 heterocycles. The molecule has 0 saturated heterocycles. The lowest BCUT2D eigenvalue weighted by atomic mass is 9.84. The maximum absolute atomic E-state index is 12.6. The number of ketones is 1. The molecule has 0 bridgehead atoms. The van der Waals surface area contributed by atoms with Gasteiger partial charge in [0, 0.05) is 29.6 Å². The fourth-order valence-corrected chi connectivity index (χ4v) is 3.64. The van der Waals surface area contributed by atoms with Gasteiger partial charge in [-0.15, -0.1) is 0 Å². The third-order valence-corrected chi connectivity index (χ3v) is 5.30. The van der Waals surface area contributed by atoms with Crippen LogP contribution in [0, 0.1) is 11.8 Å². The van der Waals surface area contributed by atoms with Crippen LogP contribution in [0.2, 0.25) is 5.02 Å². The van der Waals surface area contributed by atoms with Gasteiger partial charge in [0.1, 0.15) is 6.10 Å². The second kappa shape index (κ2) is 10.4. The zero-order valence-corrected chi connectivity index (χ0v) is 18.6. The van der Waals surface area contributed by atoms with E-state index in [1.165, 1.54) is 19.4 Å². The number of esters is 1. The van der Waals surface area contributed by atoms with Crippen molar-refractivity contribution in [1.82, 2.24) is 4.98 Å². The number of Topliss-reactive ketones (excluding diaryl/α,β-unsaturated/α-hetero) is 1. The van der Waals surface area contributed by atoms with Crippen LogP contribution in [0.15, 0.2) is 36.5 Å². The second-order valence-electron chi connectivity index (χ2n) is 7.70. The highest BCUT2D eigenvalue weighted by Gasteiger charge is 2.29. The summed E-state index contributed by atoms with van der Waals surface area (Å²) >= 11 is 5.98. The lowest BCUT2D eigenvalue weighted by Gasteiger charge is -2.28. The predicted molar refractivity (Wildman–Crippen MR) is 115 cm³/mol. The maximum Gasteiger partial charge on any atom is 0.309 e. The Balaban J connectivity index is 2.06. The van der Waals surface area contributed by atoms with Crippen LogP contribution < -0.4 is 4.74 Å². The van der Waals surface area contributed by atoms with E-state index in [0.29, 0.717) is 5.02 Å². The van der Waals surface area contributed by atoms with Crippen molar-refractivity contribution in [3.8, 4) is 11.5 Å². The minimum atomic E-state index is -0.689. The molecule has 0 aliphatic carbocycles. The maximum atomic E-state index is 12.6. The van der Waals surface area contributed by atoms with E-state index in [2.05, 4.69) is 18.8 Å². The first-order valence-electron chi connectivity index (χ1n) is 9.86. The van der Waals surface area contributed by atoms with Gasteiger partial charge in [-0.1, -0.05) is 44.5 Å². The zero-order valence-electron chi connectivity index (χ0n) is 17.9. The fourth-order valence-electron chi connectivity index (χ4n) is 3.52. The molecule has 2 aromatic rings. The van der Waals surface area contributed by atoms with Gasteiger partial charge in [0.2, 0.25) is 0 Å². The Bertz CT molecular complexity index is 882. The highest BCUT2D eigenvalue weighted by Crippen LogP contribution is 2.32. The summed E-state index contributed by atoms with van der Waals surface area (Å²) in [5.41, 5.74) is 0.909. The van der Waals surface area contributed by atoms with Crippen LogP contribution in [-0.2, 0) is 9.53 Å². The summed E-state index contributed by atoms with van der Waals surface area (Å²) in [7, 11) is 1.39. The Morgan fingerprint density at radius 3 is 2.30 bits per heavy atom. The molecule has 1 aromatic heterocycles. The molecule has 0 fully saturated rings. The number of halogens is 1. The average molecular weight is 434 g/mol. The molecule has 3 atom stereocenters. The summed E-state index contributed by atoms with van der Waals surface area (Å²) in [5, 5.41) is 10.7. The van der Waals surface area contributed by atoms with Crippen molar-refractivity contribution in [2.24, 2.45) is 11.8 Å². The highest BCUT2D eigenvalue weighted by molar-refractivity contribution is 6.30. The molecule has 30 heavy (non-hydrogen) atoms. The van der Waals surface area contributed by atoms with Crippen molar-refractivity contribution in [3.63, 3.8) is 0 Å². The molecule has 6 nitrogen and oxygen atoms in total. The van der Waals surface area contributed by atoms with Crippen molar-refractivity contribution < 1.29 is 24.2 Å². The third kappa shape index (κ3) is 5.72. The number of rotatable bonds is 9. The second-order valence-corrected chi connectivity index (χ2v) is 8.14. The van der Waals surface area contributed by atoms with Gasteiger partial charge in [0.25, 0.3) is 0 Å². The first-order chi connectivity index (χ1) is 14.1. The number of nitrogens with zero attached hydrogens (tertiary/aromatic N) is 1. The SMILES string of the molecule is COc1ccnc(C(=O)C[C@@H](C)C(=O)O[C@@H](C)[C@H](c2ccc(Cl)cc2)C(C)C)c1O. The number of benzene rings is 1. The first kappa shape index (κ1) is 23.7. The van der Waals surface area contributed by atoms with Gasteiger partial charge in [-0.3, -0.25) is 9.59 Å². The number of carbonyl (C=O) groups is 2. The van der Waals surface area contributed by atoms with E-state index in [4.69, 9.17) is 21.1 Å². The zero-order chi connectivity index (χ0) is 22.4. The van der Waals surface area contributed by atoms with Crippen LogP contribution in [0.1, 0.15) is 56.1 Å². The van der Waals surface area contributed by atoms with E-state index >= 15 is 0 Å². The number of methoxy groups -OCH3 is 1. The van der Waals surface area contributed by atoms with Crippen molar-refractivity contribution in [2.45, 2.75) is 46.1 Å². The van der Waals surface area contributed by atoms with Gasteiger partial charge in [-0.2, -0.15) is 0 Å². The minimum Gasteiger partial charge on any atom is -0.503 e. The van der Waals surface area contributed by atoms with E-state index in [9.17, 15) is 14.7 Å². The quantitative estimate of drug-likeness (QED) is 0.441. The summed E-state index contributed by atoms with van der Waals surface area (Å²) < 4.78 is 10.7. The highest BCUT2D eigenvalue weighted by atomic mass is 35.5. The van der Waals surface area contributed by atoms with Crippen molar-refractivity contribution in [2.75, 3.05) is 7.11 Å². The number of carbonyl (C=O) groups excluding carboxylic acids is 2. The molecule has 7 heteroatoms. The van der Waals surface area contributed by atoms with Gasteiger partial charge in [-0.05, 0) is 30.5 Å². The molecule has 0 amide bonds. The Morgan fingerprint density at radius 2 is 1.73 bits per heavy atom. The van der Waals surface area contributed by atoms with Crippen molar-refractivity contribution in [3.05, 3.63) is 52.8 Å². The number of aromatic hydroxyl groups is 1. The molecule has 0 aliphatic heterocycles. The summed E-state index contributed by atoms with van der Waals surface area (Å²) in [5.74, 6) is -1.59. The van der Waals surface area contributed by atoms with E-state index in [0.717, 1.165) is 5.56 Å². The molecule has 1 N–H and O–H groups in total. The predicted octanol–water partition coefficient (Wildman–Crippen LogP) is 5.03. The monoisotopic (exact) mass is 433 g/mol. The lowest BCUT2D eigenvalue weighted by molar-refractivity contribution is -0.154. The van der Waals surface area contributed by atoms with Gasteiger partial charge in [0.05, 0.1) is 13.0 Å². The third-order valence-electron chi connectivity index (χ3n) is 5.05. The number of hydrogen-bond acceptors (Lipinski definition) is 6. The number of hydrogen-bond donors (Lipinski definition) is 1. The largest absolute Gasteiger partial charge is 0.503 e. The molecule has 0 spiro atoms. The molecule has 162 valence electrons. The summed E-state index contributed by atoms with van der Waals surface area (Å²) in [4.78, 5) is 29.1. The Labute approximate surface area is 182 Å². The van der Waals surface area contributed by atoms with E-state index in [-0.39, 0.29) is 41.6 Å². The number of aromatic nitrogens is 1. The van der Waals surface area contributed by atoms with Crippen LogP contribution >= 0.6 is 11.6 Å². The molecule has 0 aliphatic rings. The van der Waals surface area contributed by atoms with Gasteiger partial charge >= 0.3 is 5.97 Å². The van der Waals surface area contributed by atoms with Gasteiger partial charge < -0.3 is 14.6 Å². The van der Waals surface area contributed by atoms with Crippen LogP contribution in [0.25, 0.3) is 0 Å². The Morgan fingerprint density at radius 1 is 1.10 bits per heavy atom. The molecular formula is C23H28ClNO5. The average Bonchev–Trinajstić information content (AvgIpc) is 2.69. The Kier molecular flexibility index (Phi) is 8.24. The van der Waals surface area contributed by atoms with Crippen molar-refractivity contribution >= 4 is 23.4 Å². The molecule has 0 unspecified atom stereocenters. The van der Waals surface area contributed by atoms with E-state index in [1.54, 1.807) is 6.92 Å². The topological polar surface area (TPSA) is 85.7 Å². The normalized spacial score (nSPS) is 14.1. The van der Waals surface area contributed by atoms with E-state index in [1.807, 2.05) is 31.2 Å². The summed E-state index contributed by atoms with van der Waals surface area (Å²) in [6.45, 7) is 7.60. The van der Waals surface area contributed by atoms with Crippen LogP contribution in [0.3, 0.4) is 0 Å².